The molecule has 0 heterocycles. The Balaban J connectivity index is 2.29. The predicted octanol–water partition coefficient (Wildman–Crippen LogP) is 5.66. The standard InChI is InChI=1S/C28H39Cl2N3O5S/c1-6-20(4)31-28(35)24(7-2)32(19-21-15-16-22(29)23(30)18-21)27(34)14-11-17-33(39(5,36)37)25-12-9-10-13-26(25)38-8-3/h9-10,12-13,15-16,18,20,24H,6-8,11,14,17,19H2,1-5H3,(H,31,35)/t20-,24+/m0/s1. The Hall–Kier alpha value is -2.49. The van der Waals surface area contributed by atoms with Gasteiger partial charge in [0.15, 0.2) is 0 Å². The van der Waals surface area contributed by atoms with Crippen molar-refractivity contribution in [3.63, 3.8) is 0 Å². The van der Waals surface area contributed by atoms with E-state index in [1.165, 1.54) is 9.21 Å². The maximum atomic E-state index is 13.6. The van der Waals surface area contributed by atoms with Crippen molar-refractivity contribution >= 4 is 50.7 Å². The van der Waals surface area contributed by atoms with Crippen LogP contribution in [0.15, 0.2) is 42.5 Å². The van der Waals surface area contributed by atoms with Crippen LogP contribution in [0, 0.1) is 0 Å². The third kappa shape index (κ3) is 9.58. The average Bonchev–Trinajstić information content (AvgIpc) is 2.88. The maximum Gasteiger partial charge on any atom is 0.243 e. The minimum absolute atomic E-state index is 0.0389. The number of nitrogens with one attached hydrogen (secondary N) is 1. The fourth-order valence-corrected chi connectivity index (χ4v) is 5.41. The van der Waals surface area contributed by atoms with Crippen molar-refractivity contribution in [2.24, 2.45) is 0 Å². The molecule has 8 nitrogen and oxygen atoms in total. The summed E-state index contributed by atoms with van der Waals surface area (Å²) in [5.74, 6) is -0.0480. The minimum atomic E-state index is -3.65. The number of hydrogen-bond donors (Lipinski definition) is 1. The quantitative estimate of drug-likeness (QED) is 0.285. The van der Waals surface area contributed by atoms with Gasteiger partial charge in [0.05, 0.1) is 28.6 Å². The Bertz CT molecular complexity index is 1230. The molecule has 1 N–H and O–H groups in total. The summed E-state index contributed by atoms with van der Waals surface area (Å²) in [4.78, 5) is 28.3. The molecule has 2 rings (SSSR count). The summed E-state index contributed by atoms with van der Waals surface area (Å²) in [6.45, 7) is 8.18. The van der Waals surface area contributed by atoms with Crippen molar-refractivity contribution in [3.8, 4) is 5.75 Å². The van der Waals surface area contributed by atoms with Crippen LogP contribution in [0.3, 0.4) is 0 Å². The molecule has 0 saturated heterocycles. The molecule has 2 amide bonds. The summed E-state index contributed by atoms with van der Waals surface area (Å²) < 4.78 is 32.2. The number of benzene rings is 2. The summed E-state index contributed by atoms with van der Waals surface area (Å²) in [5, 5.41) is 3.73. The number of hydrogen-bond acceptors (Lipinski definition) is 5. The van der Waals surface area contributed by atoms with Gasteiger partial charge < -0.3 is 15.0 Å². The monoisotopic (exact) mass is 599 g/mol. The number of para-hydroxylation sites is 2. The highest BCUT2D eigenvalue weighted by molar-refractivity contribution is 7.92. The van der Waals surface area contributed by atoms with Gasteiger partial charge >= 0.3 is 0 Å². The van der Waals surface area contributed by atoms with Gasteiger partial charge in [0, 0.05) is 25.6 Å². The lowest BCUT2D eigenvalue weighted by molar-refractivity contribution is -0.141. The molecule has 2 atom stereocenters. The van der Waals surface area contributed by atoms with Crippen molar-refractivity contribution < 1.29 is 22.7 Å². The Morgan fingerprint density at radius 2 is 1.72 bits per heavy atom. The first-order chi connectivity index (χ1) is 18.4. The van der Waals surface area contributed by atoms with Crippen LogP contribution in [0.2, 0.25) is 10.0 Å². The van der Waals surface area contributed by atoms with Gasteiger partial charge in [-0.05, 0) is 62.9 Å². The van der Waals surface area contributed by atoms with Crippen LogP contribution in [0.5, 0.6) is 5.75 Å². The fourth-order valence-electron chi connectivity index (χ4n) is 4.12. The van der Waals surface area contributed by atoms with Gasteiger partial charge in [-0.25, -0.2) is 8.42 Å². The zero-order chi connectivity index (χ0) is 29.2. The van der Waals surface area contributed by atoms with Gasteiger partial charge in [-0.3, -0.25) is 13.9 Å². The lowest BCUT2D eigenvalue weighted by Gasteiger charge is -2.32. The van der Waals surface area contributed by atoms with Crippen molar-refractivity contribution in [1.82, 2.24) is 10.2 Å². The van der Waals surface area contributed by atoms with Crippen LogP contribution in [0.25, 0.3) is 0 Å². The molecule has 0 fully saturated rings. The van der Waals surface area contributed by atoms with E-state index in [1.807, 2.05) is 27.7 Å². The number of carbonyl (C=O) groups is 2. The normalized spacial score (nSPS) is 12.9. The van der Waals surface area contributed by atoms with Crippen LogP contribution in [-0.4, -0.2) is 56.6 Å². The fraction of sp³-hybridized carbons (Fsp3) is 0.500. The number of nitrogens with zero attached hydrogens (tertiary/aromatic N) is 2. The summed E-state index contributed by atoms with van der Waals surface area (Å²) in [5.41, 5.74) is 1.15. The number of sulfonamides is 1. The van der Waals surface area contributed by atoms with E-state index < -0.39 is 16.1 Å². The number of rotatable bonds is 15. The molecular weight excluding hydrogens is 561 g/mol. The first-order valence-corrected chi connectivity index (χ1v) is 15.8. The lowest BCUT2D eigenvalue weighted by atomic mass is 10.1. The Labute approximate surface area is 242 Å². The third-order valence-corrected chi connectivity index (χ3v) is 8.23. The Morgan fingerprint density at radius 3 is 2.31 bits per heavy atom. The van der Waals surface area contributed by atoms with Crippen molar-refractivity contribution in [2.75, 3.05) is 23.7 Å². The summed E-state index contributed by atoms with van der Waals surface area (Å²) in [7, 11) is -3.65. The van der Waals surface area contributed by atoms with E-state index in [9.17, 15) is 18.0 Å². The van der Waals surface area contributed by atoms with E-state index in [0.717, 1.165) is 18.2 Å². The van der Waals surface area contributed by atoms with Crippen LogP contribution >= 0.6 is 23.2 Å². The second kappa shape index (κ2) is 15.3. The van der Waals surface area contributed by atoms with E-state index in [4.69, 9.17) is 27.9 Å². The van der Waals surface area contributed by atoms with E-state index in [2.05, 4.69) is 5.32 Å². The van der Waals surface area contributed by atoms with Crippen molar-refractivity contribution in [1.29, 1.82) is 0 Å². The van der Waals surface area contributed by atoms with Crippen LogP contribution in [0.1, 0.15) is 58.9 Å². The number of ether oxygens (including phenoxy) is 1. The number of halogens is 2. The SMILES string of the molecule is CCOc1ccccc1N(CCCC(=O)N(Cc1ccc(Cl)c(Cl)c1)[C@H](CC)C(=O)N[C@@H](C)CC)S(C)(=O)=O. The van der Waals surface area contributed by atoms with Gasteiger partial charge in [-0.15, -0.1) is 0 Å². The molecule has 0 aromatic heterocycles. The van der Waals surface area contributed by atoms with Gasteiger partial charge in [-0.1, -0.05) is 55.2 Å². The molecule has 0 saturated carbocycles. The first kappa shape index (κ1) is 32.7. The van der Waals surface area contributed by atoms with Crippen LogP contribution < -0.4 is 14.4 Å². The Kier molecular flexibility index (Phi) is 12.9. The molecule has 0 radical (unpaired) electrons. The molecule has 0 spiro atoms. The Morgan fingerprint density at radius 1 is 1.03 bits per heavy atom. The predicted molar refractivity (Wildman–Crippen MR) is 158 cm³/mol. The molecule has 0 aliphatic rings. The molecule has 0 aliphatic heterocycles. The molecule has 39 heavy (non-hydrogen) atoms. The average molecular weight is 601 g/mol. The lowest BCUT2D eigenvalue weighted by Crippen LogP contribution is -2.50. The maximum absolute atomic E-state index is 13.6. The molecule has 0 unspecified atom stereocenters. The second-order valence-electron chi connectivity index (χ2n) is 9.35. The summed E-state index contributed by atoms with van der Waals surface area (Å²) in [6.07, 6.45) is 2.57. The molecule has 2 aromatic rings. The number of anilines is 1. The van der Waals surface area contributed by atoms with Crippen molar-refractivity contribution in [2.45, 2.75) is 72.0 Å². The van der Waals surface area contributed by atoms with Crippen LogP contribution in [0.4, 0.5) is 5.69 Å². The van der Waals surface area contributed by atoms with E-state index >= 15 is 0 Å². The highest BCUT2D eigenvalue weighted by Crippen LogP contribution is 2.30. The summed E-state index contributed by atoms with van der Waals surface area (Å²) >= 11 is 12.3. The van der Waals surface area contributed by atoms with Gasteiger partial charge in [0.25, 0.3) is 0 Å². The van der Waals surface area contributed by atoms with Gasteiger partial charge in [0.1, 0.15) is 11.8 Å². The molecule has 2 aromatic carbocycles. The van der Waals surface area contributed by atoms with Gasteiger partial charge in [0.2, 0.25) is 21.8 Å². The van der Waals surface area contributed by atoms with Crippen LogP contribution in [-0.2, 0) is 26.2 Å². The highest BCUT2D eigenvalue weighted by atomic mass is 35.5. The van der Waals surface area contributed by atoms with E-state index in [-0.39, 0.29) is 43.8 Å². The third-order valence-electron chi connectivity index (χ3n) is 6.31. The smallest absolute Gasteiger partial charge is 0.243 e. The first-order valence-electron chi connectivity index (χ1n) is 13.2. The molecule has 11 heteroatoms. The van der Waals surface area contributed by atoms with E-state index in [1.54, 1.807) is 42.5 Å². The zero-order valence-electron chi connectivity index (χ0n) is 23.2. The number of carbonyl (C=O) groups excluding carboxylic acids is 2. The largest absolute Gasteiger partial charge is 0.492 e. The van der Waals surface area contributed by atoms with Gasteiger partial charge in [-0.2, -0.15) is 0 Å². The topological polar surface area (TPSA) is 96.0 Å². The molecule has 216 valence electrons. The highest BCUT2D eigenvalue weighted by Gasteiger charge is 2.30. The molecular formula is C28H39Cl2N3O5S. The second-order valence-corrected chi connectivity index (χ2v) is 12.1. The minimum Gasteiger partial charge on any atom is -0.492 e. The zero-order valence-corrected chi connectivity index (χ0v) is 25.6. The molecule has 0 aliphatic carbocycles. The number of amides is 2. The van der Waals surface area contributed by atoms with E-state index in [0.29, 0.717) is 34.5 Å². The molecule has 0 bridgehead atoms. The summed E-state index contributed by atoms with van der Waals surface area (Å²) in [6, 6.07) is 11.3. The van der Waals surface area contributed by atoms with Crippen molar-refractivity contribution in [3.05, 3.63) is 58.1 Å².